The van der Waals surface area contributed by atoms with E-state index in [-0.39, 0.29) is 5.91 Å². The molecule has 0 aliphatic heterocycles. The van der Waals surface area contributed by atoms with E-state index >= 15 is 0 Å². The summed E-state index contributed by atoms with van der Waals surface area (Å²) in [5, 5.41) is 0.942. The van der Waals surface area contributed by atoms with Crippen molar-refractivity contribution in [3.8, 4) is 0 Å². The van der Waals surface area contributed by atoms with Crippen molar-refractivity contribution < 1.29 is 9.21 Å². The lowest BCUT2D eigenvalue weighted by molar-refractivity contribution is 0.0790. The van der Waals surface area contributed by atoms with Crippen LogP contribution < -0.4 is 5.73 Å². The second-order valence-corrected chi connectivity index (χ2v) is 5.69. The van der Waals surface area contributed by atoms with Crippen molar-refractivity contribution in [2.45, 2.75) is 6.54 Å². The van der Waals surface area contributed by atoms with Gasteiger partial charge in [-0.3, -0.25) is 4.79 Å². The molecule has 5 heteroatoms. The molecule has 4 nitrogen and oxygen atoms in total. The Morgan fingerprint density at radius 3 is 2.85 bits per heavy atom. The number of anilines is 1. The van der Waals surface area contributed by atoms with E-state index < -0.39 is 0 Å². The number of fused-ring (bicyclic) bond motifs is 1. The van der Waals surface area contributed by atoms with Crippen LogP contribution in [0.5, 0.6) is 0 Å². The normalized spacial score (nSPS) is 10.8. The van der Waals surface area contributed by atoms with Gasteiger partial charge in [0.05, 0.1) is 18.2 Å². The average Bonchev–Trinajstić information content (AvgIpc) is 3.07. The van der Waals surface area contributed by atoms with Crippen molar-refractivity contribution in [1.82, 2.24) is 4.90 Å². The predicted molar refractivity (Wildman–Crippen MR) is 80.7 cm³/mol. The molecular weight excluding hydrogens is 272 g/mol. The monoisotopic (exact) mass is 286 g/mol. The number of nitrogen functional groups attached to an aromatic ring is 1. The lowest BCUT2D eigenvalue weighted by atomic mass is 10.2. The fourth-order valence-electron chi connectivity index (χ4n) is 2.13. The Morgan fingerprint density at radius 1 is 1.35 bits per heavy atom. The maximum absolute atomic E-state index is 12.5. The average molecular weight is 286 g/mol. The zero-order valence-corrected chi connectivity index (χ0v) is 11.8. The van der Waals surface area contributed by atoms with E-state index in [4.69, 9.17) is 10.2 Å². The van der Waals surface area contributed by atoms with Crippen LogP contribution in [0.25, 0.3) is 10.1 Å². The van der Waals surface area contributed by atoms with Gasteiger partial charge in [0.1, 0.15) is 4.88 Å². The van der Waals surface area contributed by atoms with Gasteiger partial charge in [-0.2, -0.15) is 0 Å². The zero-order chi connectivity index (χ0) is 14.1. The summed E-state index contributed by atoms with van der Waals surface area (Å²) in [6, 6.07) is 9.63. The molecule has 0 atom stereocenters. The summed E-state index contributed by atoms with van der Waals surface area (Å²) in [5.41, 5.74) is 7.62. The minimum atomic E-state index is -0.0649. The minimum absolute atomic E-state index is 0.0649. The summed E-state index contributed by atoms with van der Waals surface area (Å²) in [5.74, 6) is -0.0649. The van der Waals surface area contributed by atoms with Crippen molar-refractivity contribution >= 4 is 33.0 Å². The van der Waals surface area contributed by atoms with E-state index in [9.17, 15) is 4.79 Å². The highest BCUT2D eigenvalue weighted by Gasteiger charge is 2.19. The number of nitrogens with two attached hydrogens (primary N) is 1. The summed E-state index contributed by atoms with van der Waals surface area (Å²) in [7, 11) is 1.76. The molecule has 1 aromatic carbocycles. The molecule has 0 saturated heterocycles. The molecule has 0 spiro atoms. The van der Waals surface area contributed by atoms with Crippen molar-refractivity contribution in [1.29, 1.82) is 0 Å². The zero-order valence-electron chi connectivity index (χ0n) is 11.0. The molecular formula is C15H14N2O2S. The smallest absolute Gasteiger partial charge is 0.266 e. The molecule has 0 fully saturated rings. The van der Waals surface area contributed by atoms with Gasteiger partial charge in [0.25, 0.3) is 5.91 Å². The van der Waals surface area contributed by atoms with Crippen molar-refractivity contribution in [3.63, 3.8) is 0 Å². The Hall–Kier alpha value is -2.27. The lowest BCUT2D eigenvalue weighted by Crippen LogP contribution is -2.25. The van der Waals surface area contributed by atoms with Gasteiger partial charge in [0, 0.05) is 29.2 Å². The number of hydrogen-bond donors (Lipinski definition) is 1. The standard InChI is InChI=1S/C15H14N2O2S/c1-17(8-10-6-7-19-9-10)15(18)14-13(16)11-4-2-3-5-12(11)20-14/h2-7,9H,8,16H2,1H3. The Morgan fingerprint density at radius 2 is 2.15 bits per heavy atom. The third kappa shape index (κ3) is 2.16. The Balaban J connectivity index is 1.90. The summed E-state index contributed by atoms with van der Waals surface area (Å²) in [6.45, 7) is 0.503. The highest BCUT2D eigenvalue weighted by Crippen LogP contribution is 2.34. The third-order valence-corrected chi connectivity index (χ3v) is 4.35. The SMILES string of the molecule is CN(Cc1ccoc1)C(=O)c1sc2ccccc2c1N. The summed E-state index contributed by atoms with van der Waals surface area (Å²) < 4.78 is 6.04. The topological polar surface area (TPSA) is 59.5 Å². The molecule has 3 rings (SSSR count). The van der Waals surface area contributed by atoms with Crippen LogP contribution in [0.3, 0.4) is 0 Å². The number of carbonyl (C=O) groups excluding carboxylic acids is 1. The predicted octanol–water partition coefficient (Wildman–Crippen LogP) is 3.35. The fraction of sp³-hybridized carbons (Fsp3) is 0.133. The van der Waals surface area contributed by atoms with Gasteiger partial charge in [0.2, 0.25) is 0 Å². The van der Waals surface area contributed by atoms with E-state index in [2.05, 4.69) is 0 Å². The molecule has 102 valence electrons. The Bertz CT molecular complexity index is 746. The van der Waals surface area contributed by atoms with Crippen molar-refractivity contribution in [3.05, 3.63) is 53.3 Å². The first kappa shape index (κ1) is 12.7. The molecule has 0 unspecified atom stereocenters. The van der Waals surface area contributed by atoms with E-state index in [1.165, 1.54) is 11.3 Å². The first-order chi connectivity index (χ1) is 9.66. The van der Waals surface area contributed by atoms with Crippen LogP contribution in [0.4, 0.5) is 5.69 Å². The van der Waals surface area contributed by atoms with E-state index in [0.29, 0.717) is 17.1 Å². The molecule has 0 aliphatic rings. The molecule has 3 aromatic rings. The van der Waals surface area contributed by atoms with Crippen LogP contribution >= 0.6 is 11.3 Å². The number of rotatable bonds is 3. The third-order valence-electron chi connectivity index (χ3n) is 3.17. The Labute approximate surface area is 120 Å². The van der Waals surface area contributed by atoms with Gasteiger partial charge in [-0.1, -0.05) is 18.2 Å². The minimum Gasteiger partial charge on any atom is -0.472 e. The van der Waals surface area contributed by atoms with Crippen LogP contribution in [0.1, 0.15) is 15.2 Å². The van der Waals surface area contributed by atoms with Crippen LogP contribution in [0.15, 0.2) is 47.3 Å². The molecule has 2 N–H and O–H groups in total. The quantitative estimate of drug-likeness (QED) is 0.803. The van der Waals surface area contributed by atoms with Crippen molar-refractivity contribution in [2.75, 3.05) is 12.8 Å². The molecule has 2 aromatic heterocycles. The first-order valence-corrected chi connectivity index (χ1v) is 7.02. The highest BCUT2D eigenvalue weighted by atomic mass is 32.1. The highest BCUT2D eigenvalue weighted by molar-refractivity contribution is 7.21. The summed E-state index contributed by atoms with van der Waals surface area (Å²) >= 11 is 1.43. The fourth-order valence-corrected chi connectivity index (χ4v) is 3.24. The molecule has 0 aliphatic carbocycles. The van der Waals surface area contributed by atoms with Gasteiger partial charge >= 0.3 is 0 Å². The van der Waals surface area contributed by atoms with E-state index in [0.717, 1.165) is 15.6 Å². The van der Waals surface area contributed by atoms with Gasteiger partial charge in [-0.05, 0) is 12.1 Å². The van der Waals surface area contributed by atoms with Gasteiger partial charge in [-0.15, -0.1) is 11.3 Å². The van der Waals surface area contributed by atoms with Crippen molar-refractivity contribution in [2.24, 2.45) is 0 Å². The van der Waals surface area contributed by atoms with Crippen LogP contribution in [0, 0.1) is 0 Å². The van der Waals surface area contributed by atoms with Crippen LogP contribution in [0.2, 0.25) is 0 Å². The number of amides is 1. The number of hydrogen-bond acceptors (Lipinski definition) is 4. The van der Waals surface area contributed by atoms with Crippen LogP contribution in [-0.2, 0) is 6.54 Å². The number of thiophene rings is 1. The molecule has 0 saturated carbocycles. The van der Waals surface area contributed by atoms with Gasteiger partial charge in [0.15, 0.2) is 0 Å². The molecule has 0 radical (unpaired) electrons. The van der Waals surface area contributed by atoms with Gasteiger partial charge < -0.3 is 15.1 Å². The summed E-state index contributed by atoms with van der Waals surface area (Å²) in [6.07, 6.45) is 3.24. The maximum Gasteiger partial charge on any atom is 0.266 e. The van der Waals surface area contributed by atoms with Gasteiger partial charge in [-0.25, -0.2) is 0 Å². The maximum atomic E-state index is 12.5. The number of furan rings is 1. The first-order valence-electron chi connectivity index (χ1n) is 6.20. The number of benzene rings is 1. The van der Waals surface area contributed by atoms with E-state index in [1.54, 1.807) is 24.5 Å². The second kappa shape index (κ2) is 5.02. The Kier molecular flexibility index (Phi) is 3.20. The molecule has 0 bridgehead atoms. The second-order valence-electron chi connectivity index (χ2n) is 4.63. The molecule has 2 heterocycles. The molecule has 20 heavy (non-hydrogen) atoms. The number of carbonyl (C=O) groups is 1. The summed E-state index contributed by atoms with van der Waals surface area (Å²) in [4.78, 5) is 14.7. The van der Waals surface area contributed by atoms with Crippen LogP contribution in [-0.4, -0.2) is 17.9 Å². The lowest BCUT2D eigenvalue weighted by Gasteiger charge is -2.15. The largest absolute Gasteiger partial charge is 0.472 e. The molecule has 1 amide bonds. The number of nitrogens with zero attached hydrogens (tertiary/aromatic N) is 1. The van der Waals surface area contributed by atoms with E-state index in [1.807, 2.05) is 30.3 Å².